The van der Waals surface area contributed by atoms with E-state index in [-0.39, 0.29) is 6.42 Å². The van der Waals surface area contributed by atoms with E-state index in [0.29, 0.717) is 5.56 Å². The molecule has 0 aliphatic heterocycles. The van der Waals surface area contributed by atoms with Crippen molar-refractivity contribution in [1.29, 1.82) is 0 Å². The molecule has 0 saturated carbocycles. The van der Waals surface area contributed by atoms with Gasteiger partial charge in [-0.15, -0.1) is 0 Å². The Balaban J connectivity index is 2.89. The number of rotatable bonds is 3. The molecule has 100 valence electrons. The van der Waals surface area contributed by atoms with Crippen molar-refractivity contribution in [2.45, 2.75) is 18.6 Å². The standard InChI is InChI=1S/C11H11ClF3NO2/c1-18-10(17)9(16)5-6-2-3-7(8(12)4-6)11(13,14)15/h2-4,9H,5,16H2,1H3/t9-/m1/s1. The average Bonchev–Trinajstić information content (AvgIpc) is 2.26. The Labute approximate surface area is 107 Å². The van der Waals surface area contributed by atoms with Crippen LogP contribution < -0.4 is 5.73 Å². The van der Waals surface area contributed by atoms with Crippen LogP contribution in [0.3, 0.4) is 0 Å². The number of hydrogen-bond acceptors (Lipinski definition) is 3. The van der Waals surface area contributed by atoms with Crippen molar-refractivity contribution in [1.82, 2.24) is 0 Å². The minimum Gasteiger partial charge on any atom is -0.468 e. The fourth-order valence-electron chi connectivity index (χ4n) is 1.40. The van der Waals surface area contributed by atoms with Gasteiger partial charge in [0.15, 0.2) is 0 Å². The molecule has 0 spiro atoms. The first kappa shape index (κ1) is 14.8. The summed E-state index contributed by atoms with van der Waals surface area (Å²) in [6.45, 7) is 0. The second-order valence-electron chi connectivity index (χ2n) is 3.65. The smallest absolute Gasteiger partial charge is 0.417 e. The molecule has 0 fully saturated rings. The molecule has 0 radical (unpaired) electrons. The van der Waals surface area contributed by atoms with E-state index in [9.17, 15) is 18.0 Å². The van der Waals surface area contributed by atoms with Gasteiger partial charge in [-0.1, -0.05) is 17.7 Å². The Kier molecular flexibility index (Phi) is 4.59. The van der Waals surface area contributed by atoms with Gasteiger partial charge < -0.3 is 10.5 Å². The Morgan fingerprint density at radius 1 is 1.50 bits per heavy atom. The molecular formula is C11H11ClF3NO2. The third-order valence-corrected chi connectivity index (χ3v) is 2.61. The van der Waals surface area contributed by atoms with E-state index >= 15 is 0 Å². The predicted molar refractivity (Wildman–Crippen MR) is 60.1 cm³/mol. The second-order valence-corrected chi connectivity index (χ2v) is 4.05. The van der Waals surface area contributed by atoms with Gasteiger partial charge in [0, 0.05) is 0 Å². The molecule has 1 atom stereocenters. The molecule has 1 aromatic rings. The lowest BCUT2D eigenvalue weighted by atomic mass is 10.0. The van der Waals surface area contributed by atoms with E-state index in [1.165, 1.54) is 13.2 Å². The van der Waals surface area contributed by atoms with Gasteiger partial charge in [-0.05, 0) is 24.1 Å². The van der Waals surface area contributed by atoms with Crippen molar-refractivity contribution >= 4 is 17.6 Å². The van der Waals surface area contributed by atoms with E-state index in [2.05, 4.69) is 4.74 Å². The SMILES string of the molecule is COC(=O)[C@H](N)Cc1ccc(C(F)(F)F)c(Cl)c1. The molecule has 0 bridgehead atoms. The molecule has 0 aromatic heterocycles. The lowest BCUT2D eigenvalue weighted by molar-refractivity contribution is -0.142. The number of halogens is 4. The topological polar surface area (TPSA) is 52.3 Å². The van der Waals surface area contributed by atoms with Crippen molar-refractivity contribution in [3.8, 4) is 0 Å². The maximum atomic E-state index is 12.4. The first-order chi connectivity index (χ1) is 8.25. The summed E-state index contributed by atoms with van der Waals surface area (Å²) in [6.07, 6.45) is -4.44. The first-order valence-electron chi connectivity index (χ1n) is 4.94. The molecular weight excluding hydrogens is 271 g/mol. The van der Waals surface area contributed by atoms with Gasteiger partial charge >= 0.3 is 12.1 Å². The fraction of sp³-hybridized carbons (Fsp3) is 0.364. The summed E-state index contributed by atoms with van der Waals surface area (Å²) in [6, 6.07) is 2.31. The predicted octanol–water partition coefficient (Wildman–Crippen LogP) is 2.40. The number of hydrogen-bond donors (Lipinski definition) is 1. The number of methoxy groups -OCH3 is 1. The summed E-state index contributed by atoms with van der Waals surface area (Å²) in [5, 5.41) is -0.419. The van der Waals surface area contributed by atoms with Gasteiger partial charge in [0.2, 0.25) is 0 Å². The molecule has 3 nitrogen and oxygen atoms in total. The van der Waals surface area contributed by atoms with Crippen LogP contribution >= 0.6 is 11.6 Å². The summed E-state index contributed by atoms with van der Waals surface area (Å²) in [7, 11) is 1.18. The van der Waals surface area contributed by atoms with Crippen LogP contribution in [0.2, 0.25) is 5.02 Å². The monoisotopic (exact) mass is 281 g/mol. The van der Waals surface area contributed by atoms with Crippen molar-refractivity contribution < 1.29 is 22.7 Å². The Morgan fingerprint density at radius 3 is 2.56 bits per heavy atom. The zero-order valence-electron chi connectivity index (χ0n) is 9.42. The maximum Gasteiger partial charge on any atom is 0.417 e. The highest BCUT2D eigenvalue weighted by Gasteiger charge is 2.33. The molecule has 7 heteroatoms. The molecule has 0 aliphatic carbocycles. The fourth-order valence-corrected chi connectivity index (χ4v) is 1.71. The normalized spacial score (nSPS) is 13.2. The van der Waals surface area contributed by atoms with Crippen LogP contribution in [-0.4, -0.2) is 19.1 Å². The number of carbonyl (C=O) groups is 1. The zero-order valence-corrected chi connectivity index (χ0v) is 10.2. The molecule has 1 rings (SSSR count). The number of ether oxygens (including phenoxy) is 1. The molecule has 0 saturated heterocycles. The Morgan fingerprint density at radius 2 is 2.11 bits per heavy atom. The van der Waals surface area contributed by atoms with Crippen LogP contribution in [0.25, 0.3) is 0 Å². The average molecular weight is 282 g/mol. The number of alkyl halides is 3. The molecule has 2 N–H and O–H groups in total. The molecule has 0 amide bonds. The van der Waals surface area contributed by atoms with Crippen molar-refractivity contribution in [2.24, 2.45) is 5.73 Å². The highest BCUT2D eigenvalue weighted by molar-refractivity contribution is 6.31. The first-order valence-corrected chi connectivity index (χ1v) is 5.32. The highest BCUT2D eigenvalue weighted by atomic mass is 35.5. The Bertz CT molecular complexity index is 448. The van der Waals surface area contributed by atoms with Crippen LogP contribution in [0.1, 0.15) is 11.1 Å². The molecule has 0 heterocycles. The van der Waals surface area contributed by atoms with Crippen LogP contribution in [0, 0.1) is 0 Å². The van der Waals surface area contributed by atoms with Gasteiger partial charge in [-0.2, -0.15) is 13.2 Å². The van der Waals surface area contributed by atoms with E-state index in [0.717, 1.165) is 12.1 Å². The van der Waals surface area contributed by atoms with Gasteiger partial charge in [-0.3, -0.25) is 4.79 Å². The largest absolute Gasteiger partial charge is 0.468 e. The third kappa shape index (κ3) is 3.61. The van der Waals surface area contributed by atoms with Crippen LogP contribution in [0.5, 0.6) is 0 Å². The molecule has 0 aliphatic rings. The highest BCUT2D eigenvalue weighted by Crippen LogP contribution is 2.35. The van der Waals surface area contributed by atoms with E-state index < -0.39 is 28.8 Å². The number of carbonyl (C=O) groups excluding carboxylic acids is 1. The molecule has 0 unspecified atom stereocenters. The summed E-state index contributed by atoms with van der Waals surface area (Å²) in [4.78, 5) is 11.1. The lowest BCUT2D eigenvalue weighted by Gasteiger charge is -2.12. The van der Waals surface area contributed by atoms with Crippen LogP contribution in [-0.2, 0) is 22.1 Å². The van der Waals surface area contributed by atoms with Crippen molar-refractivity contribution in [2.75, 3.05) is 7.11 Å². The van der Waals surface area contributed by atoms with E-state index in [1.54, 1.807) is 0 Å². The maximum absolute atomic E-state index is 12.4. The van der Waals surface area contributed by atoms with Gasteiger partial charge in [-0.25, -0.2) is 0 Å². The third-order valence-electron chi connectivity index (χ3n) is 2.30. The molecule has 18 heavy (non-hydrogen) atoms. The zero-order chi connectivity index (χ0) is 13.9. The van der Waals surface area contributed by atoms with Crippen LogP contribution in [0.4, 0.5) is 13.2 Å². The quantitative estimate of drug-likeness (QED) is 0.866. The Hall–Kier alpha value is -1.27. The summed E-state index contributed by atoms with van der Waals surface area (Å²) in [5.74, 6) is -0.633. The van der Waals surface area contributed by atoms with Crippen molar-refractivity contribution in [3.63, 3.8) is 0 Å². The van der Waals surface area contributed by atoms with E-state index in [4.69, 9.17) is 17.3 Å². The van der Waals surface area contributed by atoms with Gasteiger partial charge in [0.25, 0.3) is 0 Å². The minimum absolute atomic E-state index is 0.0601. The van der Waals surface area contributed by atoms with Gasteiger partial charge in [0.1, 0.15) is 6.04 Å². The van der Waals surface area contributed by atoms with Crippen molar-refractivity contribution in [3.05, 3.63) is 34.3 Å². The summed E-state index contributed by atoms with van der Waals surface area (Å²) in [5.41, 5.74) is 5.01. The second kappa shape index (κ2) is 5.58. The number of nitrogens with two attached hydrogens (primary N) is 1. The van der Waals surface area contributed by atoms with Crippen LogP contribution in [0.15, 0.2) is 18.2 Å². The van der Waals surface area contributed by atoms with Gasteiger partial charge in [0.05, 0.1) is 17.7 Å². The molecule has 1 aromatic carbocycles. The van der Waals surface area contributed by atoms with E-state index in [1.807, 2.05) is 0 Å². The lowest BCUT2D eigenvalue weighted by Crippen LogP contribution is -2.33. The number of esters is 1. The minimum atomic E-state index is -4.50. The number of benzene rings is 1. The summed E-state index contributed by atoms with van der Waals surface area (Å²) >= 11 is 5.53. The summed E-state index contributed by atoms with van der Waals surface area (Å²) < 4.78 is 41.7.